The Kier molecular flexibility index (Phi) is 2.70. The van der Waals surface area contributed by atoms with Crippen LogP contribution in [0.3, 0.4) is 0 Å². The van der Waals surface area contributed by atoms with Gasteiger partial charge in [-0.05, 0) is 30.3 Å². The van der Waals surface area contributed by atoms with E-state index in [1.54, 1.807) is 7.11 Å². The third kappa shape index (κ3) is 1.78. The van der Waals surface area contributed by atoms with Crippen molar-refractivity contribution < 1.29 is 14.2 Å². The Balaban J connectivity index is 1.95. The van der Waals surface area contributed by atoms with Crippen molar-refractivity contribution in [2.75, 3.05) is 13.9 Å². The van der Waals surface area contributed by atoms with E-state index in [9.17, 15) is 5.26 Å². The molecule has 5 nitrogen and oxygen atoms in total. The zero-order valence-electron chi connectivity index (χ0n) is 11.9. The van der Waals surface area contributed by atoms with Crippen molar-refractivity contribution >= 4 is 10.9 Å². The van der Waals surface area contributed by atoms with E-state index in [0.717, 1.165) is 22.3 Å². The second kappa shape index (κ2) is 4.71. The van der Waals surface area contributed by atoms with Crippen LogP contribution in [-0.2, 0) is 0 Å². The van der Waals surface area contributed by atoms with Gasteiger partial charge in [-0.1, -0.05) is 0 Å². The molecule has 22 heavy (non-hydrogen) atoms. The first-order chi connectivity index (χ1) is 10.8. The van der Waals surface area contributed by atoms with Crippen LogP contribution in [0.1, 0.15) is 5.56 Å². The fraction of sp³-hybridized carbons (Fsp3) is 0.118. The van der Waals surface area contributed by atoms with E-state index in [4.69, 9.17) is 14.2 Å². The van der Waals surface area contributed by atoms with E-state index in [1.807, 2.05) is 47.2 Å². The number of rotatable bonds is 2. The van der Waals surface area contributed by atoms with Crippen LogP contribution in [-0.4, -0.2) is 18.5 Å². The van der Waals surface area contributed by atoms with Gasteiger partial charge in [-0.15, -0.1) is 0 Å². The largest absolute Gasteiger partial charge is 0.497 e. The molecule has 108 valence electrons. The van der Waals surface area contributed by atoms with Gasteiger partial charge in [0.1, 0.15) is 11.8 Å². The maximum Gasteiger partial charge on any atom is 0.231 e. The van der Waals surface area contributed by atoms with Crippen LogP contribution >= 0.6 is 0 Å². The summed E-state index contributed by atoms with van der Waals surface area (Å²) in [7, 11) is 1.63. The van der Waals surface area contributed by atoms with Crippen LogP contribution < -0.4 is 14.2 Å². The van der Waals surface area contributed by atoms with Crippen molar-refractivity contribution in [2.24, 2.45) is 0 Å². The molecule has 4 rings (SSSR count). The Morgan fingerprint density at radius 2 is 1.86 bits per heavy atom. The summed E-state index contributed by atoms with van der Waals surface area (Å²) in [5.41, 5.74) is 2.46. The molecular weight excluding hydrogens is 280 g/mol. The number of nitriles is 1. The van der Waals surface area contributed by atoms with E-state index in [0.29, 0.717) is 17.1 Å². The fourth-order valence-electron chi connectivity index (χ4n) is 2.66. The number of methoxy groups -OCH3 is 1. The summed E-state index contributed by atoms with van der Waals surface area (Å²) in [6.07, 6.45) is 1.82. The van der Waals surface area contributed by atoms with Crippen molar-refractivity contribution in [1.82, 2.24) is 4.57 Å². The molecule has 0 bridgehead atoms. The minimum Gasteiger partial charge on any atom is -0.497 e. The summed E-state index contributed by atoms with van der Waals surface area (Å²) in [6, 6.07) is 13.7. The van der Waals surface area contributed by atoms with E-state index in [-0.39, 0.29) is 6.79 Å². The highest BCUT2D eigenvalue weighted by molar-refractivity contribution is 5.91. The molecule has 2 aromatic carbocycles. The lowest BCUT2D eigenvalue weighted by atomic mass is 10.1. The van der Waals surface area contributed by atoms with Gasteiger partial charge in [0.2, 0.25) is 6.79 Å². The normalized spacial score (nSPS) is 12.4. The van der Waals surface area contributed by atoms with Gasteiger partial charge in [-0.25, -0.2) is 0 Å². The van der Waals surface area contributed by atoms with Crippen LogP contribution in [0, 0.1) is 11.3 Å². The Labute approximate surface area is 126 Å². The molecule has 0 fully saturated rings. The predicted octanol–water partition coefficient (Wildman–Crippen LogP) is 3.24. The molecule has 0 amide bonds. The molecule has 5 heteroatoms. The molecule has 0 unspecified atom stereocenters. The zero-order chi connectivity index (χ0) is 15.1. The summed E-state index contributed by atoms with van der Waals surface area (Å²) < 4.78 is 18.0. The van der Waals surface area contributed by atoms with Gasteiger partial charge in [0.05, 0.1) is 18.2 Å². The highest BCUT2D eigenvalue weighted by atomic mass is 16.7. The van der Waals surface area contributed by atoms with Crippen molar-refractivity contribution in [1.29, 1.82) is 5.26 Å². The highest BCUT2D eigenvalue weighted by Crippen LogP contribution is 2.38. The Bertz CT molecular complexity index is 904. The molecule has 0 radical (unpaired) electrons. The van der Waals surface area contributed by atoms with Crippen LogP contribution in [0.2, 0.25) is 0 Å². The second-order valence-corrected chi connectivity index (χ2v) is 4.95. The Morgan fingerprint density at radius 1 is 1.14 bits per heavy atom. The summed E-state index contributed by atoms with van der Waals surface area (Å²) in [4.78, 5) is 0. The maximum absolute atomic E-state index is 9.37. The minimum absolute atomic E-state index is 0.215. The number of fused-ring (bicyclic) bond motifs is 2. The van der Waals surface area contributed by atoms with Gasteiger partial charge in [-0.3, -0.25) is 0 Å². The van der Waals surface area contributed by atoms with Crippen LogP contribution in [0.15, 0.2) is 42.6 Å². The van der Waals surface area contributed by atoms with Crippen LogP contribution in [0.25, 0.3) is 16.6 Å². The van der Waals surface area contributed by atoms with Crippen molar-refractivity contribution in [2.45, 2.75) is 0 Å². The molecule has 1 aliphatic heterocycles. The third-order valence-corrected chi connectivity index (χ3v) is 3.77. The van der Waals surface area contributed by atoms with Gasteiger partial charge in [0.15, 0.2) is 11.5 Å². The molecule has 0 aliphatic carbocycles. The molecule has 3 aromatic rings. The lowest BCUT2D eigenvalue weighted by molar-refractivity contribution is 0.174. The lowest BCUT2D eigenvalue weighted by Crippen LogP contribution is -1.93. The van der Waals surface area contributed by atoms with Gasteiger partial charge in [0, 0.05) is 23.3 Å². The predicted molar refractivity (Wildman–Crippen MR) is 80.7 cm³/mol. The van der Waals surface area contributed by atoms with E-state index in [1.165, 1.54) is 0 Å². The summed E-state index contributed by atoms with van der Waals surface area (Å²) in [5, 5.41) is 10.2. The molecule has 0 N–H and O–H groups in total. The molecule has 0 saturated carbocycles. The average Bonchev–Trinajstić information content (AvgIpc) is 3.16. The summed E-state index contributed by atoms with van der Waals surface area (Å²) >= 11 is 0. The molecule has 0 saturated heterocycles. The van der Waals surface area contributed by atoms with Gasteiger partial charge in [-0.2, -0.15) is 5.26 Å². The Morgan fingerprint density at radius 3 is 2.55 bits per heavy atom. The quantitative estimate of drug-likeness (QED) is 0.727. The molecule has 1 aliphatic rings. The second-order valence-electron chi connectivity index (χ2n) is 4.95. The van der Waals surface area contributed by atoms with Crippen LogP contribution in [0.4, 0.5) is 0 Å². The van der Waals surface area contributed by atoms with E-state index >= 15 is 0 Å². The molecule has 2 heterocycles. The van der Waals surface area contributed by atoms with Crippen molar-refractivity contribution in [3.8, 4) is 29.0 Å². The first kappa shape index (κ1) is 12.6. The summed E-state index contributed by atoms with van der Waals surface area (Å²) in [5.74, 6) is 2.17. The monoisotopic (exact) mass is 292 g/mol. The summed E-state index contributed by atoms with van der Waals surface area (Å²) in [6.45, 7) is 0.215. The molecule has 0 atom stereocenters. The van der Waals surface area contributed by atoms with Crippen molar-refractivity contribution in [3.63, 3.8) is 0 Å². The molecular formula is C17H12N2O3. The highest BCUT2D eigenvalue weighted by Gasteiger charge is 2.19. The van der Waals surface area contributed by atoms with Gasteiger partial charge in [0.25, 0.3) is 0 Å². The number of hydrogen-bond acceptors (Lipinski definition) is 4. The third-order valence-electron chi connectivity index (χ3n) is 3.77. The first-order valence-electron chi connectivity index (χ1n) is 6.79. The topological polar surface area (TPSA) is 56.4 Å². The number of hydrogen-bond donors (Lipinski definition) is 0. The van der Waals surface area contributed by atoms with Crippen LogP contribution in [0.5, 0.6) is 17.2 Å². The minimum atomic E-state index is 0.215. The van der Waals surface area contributed by atoms with E-state index < -0.39 is 0 Å². The number of benzene rings is 2. The van der Waals surface area contributed by atoms with Gasteiger partial charge < -0.3 is 18.8 Å². The lowest BCUT2D eigenvalue weighted by Gasteiger charge is -2.07. The average molecular weight is 292 g/mol. The number of aromatic nitrogens is 1. The number of ether oxygens (including phenoxy) is 3. The Hall–Kier alpha value is -3.13. The van der Waals surface area contributed by atoms with Gasteiger partial charge >= 0.3 is 0 Å². The molecule has 1 aromatic heterocycles. The zero-order valence-corrected chi connectivity index (χ0v) is 11.9. The van der Waals surface area contributed by atoms with E-state index in [2.05, 4.69) is 6.07 Å². The first-order valence-corrected chi connectivity index (χ1v) is 6.79. The smallest absolute Gasteiger partial charge is 0.231 e. The SMILES string of the molecule is COc1ccc(-n2cc(C#N)c3cc4c(cc32)OCO4)cc1. The molecule has 0 spiro atoms. The fourth-order valence-corrected chi connectivity index (χ4v) is 2.66. The number of nitrogens with zero attached hydrogens (tertiary/aromatic N) is 2. The van der Waals surface area contributed by atoms with Crippen molar-refractivity contribution in [3.05, 3.63) is 48.2 Å². The maximum atomic E-state index is 9.37. The standard InChI is InChI=1S/C17H12N2O3/c1-20-13-4-2-12(3-5-13)19-9-11(8-18)14-6-16-17(7-15(14)19)22-10-21-16/h2-7,9H,10H2,1H3.